The van der Waals surface area contributed by atoms with Crippen LogP contribution in [0.4, 0.5) is 0 Å². The average Bonchev–Trinajstić information content (AvgIpc) is 2.85. The Kier molecular flexibility index (Phi) is 3.72. The Bertz CT molecular complexity index is 695. The molecule has 2 N–H and O–H groups in total. The molecule has 0 heterocycles. The molecule has 0 atom stereocenters. The number of ether oxygens (including phenoxy) is 1. The Labute approximate surface area is 123 Å². The molecule has 0 aliphatic heterocycles. The van der Waals surface area contributed by atoms with Crippen LogP contribution in [0, 0.1) is 11.8 Å². The number of rotatable bonds is 2. The summed E-state index contributed by atoms with van der Waals surface area (Å²) < 4.78 is 5.27. The lowest BCUT2D eigenvalue weighted by Crippen LogP contribution is -2.11. The second-order valence-electron chi connectivity index (χ2n) is 4.83. The van der Waals surface area contributed by atoms with Gasteiger partial charge < -0.3 is 10.5 Å². The zero-order valence-corrected chi connectivity index (χ0v) is 11.5. The fraction of sp³-hybridized carbons (Fsp3) is 0.167. The van der Waals surface area contributed by atoms with Crippen molar-refractivity contribution in [1.82, 2.24) is 0 Å². The minimum absolute atomic E-state index is 0.0704. The summed E-state index contributed by atoms with van der Waals surface area (Å²) in [6.45, 7) is 0.455. The van der Waals surface area contributed by atoms with Gasteiger partial charge in [-0.05, 0) is 22.3 Å². The van der Waals surface area contributed by atoms with Crippen LogP contribution in [0.3, 0.4) is 0 Å². The van der Waals surface area contributed by atoms with Crippen LogP contribution in [0.2, 0.25) is 0 Å². The van der Waals surface area contributed by atoms with Crippen molar-refractivity contribution in [2.75, 3.05) is 13.2 Å². The molecule has 0 saturated heterocycles. The van der Waals surface area contributed by atoms with Gasteiger partial charge in [-0.15, -0.1) is 0 Å². The molecule has 1 aliphatic carbocycles. The molecule has 0 spiro atoms. The summed E-state index contributed by atoms with van der Waals surface area (Å²) in [6.07, 6.45) is 0. The Morgan fingerprint density at radius 2 is 1.62 bits per heavy atom. The number of hydrogen-bond donors (Lipinski definition) is 1. The summed E-state index contributed by atoms with van der Waals surface area (Å²) in [6, 6.07) is 16.4. The van der Waals surface area contributed by atoms with Crippen LogP contribution < -0.4 is 5.73 Å². The summed E-state index contributed by atoms with van der Waals surface area (Å²) in [7, 11) is 0. The number of benzene rings is 2. The number of nitrogens with two attached hydrogens (primary N) is 1. The fourth-order valence-corrected chi connectivity index (χ4v) is 2.76. The molecule has 2 aromatic rings. The maximum absolute atomic E-state index is 11.5. The van der Waals surface area contributed by atoms with E-state index in [2.05, 4.69) is 36.1 Å². The third-order valence-corrected chi connectivity index (χ3v) is 3.64. The van der Waals surface area contributed by atoms with Crippen molar-refractivity contribution in [3.8, 4) is 23.0 Å². The van der Waals surface area contributed by atoms with Gasteiger partial charge >= 0.3 is 5.97 Å². The van der Waals surface area contributed by atoms with Gasteiger partial charge in [0.1, 0.15) is 6.61 Å². The van der Waals surface area contributed by atoms with Crippen molar-refractivity contribution < 1.29 is 9.53 Å². The van der Waals surface area contributed by atoms with Crippen molar-refractivity contribution >= 4 is 5.97 Å². The summed E-state index contributed by atoms with van der Waals surface area (Å²) in [5.41, 5.74) is 10.0. The maximum Gasteiger partial charge on any atom is 0.384 e. The highest BCUT2D eigenvalue weighted by atomic mass is 16.5. The molecule has 1 aliphatic rings. The first-order valence-corrected chi connectivity index (χ1v) is 6.85. The fourth-order valence-electron chi connectivity index (χ4n) is 2.76. The van der Waals surface area contributed by atoms with E-state index < -0.39 is 5.97 Å². The second kappa shape index (κ2) is 5.82. The minimum Gasteiger partial charge on any atom is -0.455 e. The first-order valence-electron chi connectivity index (χ1n) is 6.85. The lowest BCUT2D eigenvalue weighted by atomic mass is 9.98. The van der Waals surface area contributed by atoms with Crippen molar-refractivity contribution in [1.29, 1.82) is 0 Å². The van der Waals surface area contributed by atoms with E-state index in [0.717, 1.165) is 0 Å². The monoisotopic (exact) mass is 277 g/mol. The minimum atomic E-state index is -0.526. The number of esters is 1. The van der Waals surface area contributed by atoms with E-state index >= 15 is 0 Å². The van der Waals surface area contributed by atoms with Crippen LogP contribution >= 0.6 is 0 Å². The third kappa shape index (κ3) is 2.54. The number of hydrogen-bond acceptors (Lipinski definition) is 3. The van der Waals surface area contributed by atoms with Gasteiger partial charge in [-0.25, -0.2) is 4.79 Å². The van der Waals surface area contributed by atoms with Crippen LogP contribution in [0.25, 0.3) is 11.1 Å². The quantitative estimate of drug-likeness (QED) is 0.520. The Morgan fingerprint density at radius 1 is 1.05 bits per heavy atom. The van der Waals surface area contributed by atoms with E-state index in [1.54, 1.807) is 0 Å². The summed E-state index contributed by atoms with van der Waals surface area (Å²) in [5.74, 6) is 4.43. The van der Waals surface area contributed by atoms with E-state index in [-0.39, 0.29) is 12.5 Å². The highest BCUT2D eigenvalue weighted by Crippen LogP contribution is 2.44. The topological polar surface area (TPSA) is 52.3 Å². The molecular formula is C18H15NO2. The maximum atomic E-state index is 11.5. The highest BCUT2D eigenvalue weighted by molar-refractivity contribution is 5.88. The van der Waals surface area contributed by atoms with Gasteiger partial charge in [0.25, 0.3) is 0 Å². The summed E-state index contributed by atoms with van der Waals surface area (Å²) >= 11 is 0. The molecule has 104 valence electrons. The Morgan fingerprint density at radius 3 is 2.19 bits per heavy atom. The van der Waals surface area contributed by atoms with Gasteiger partial charge in [0, 0.05) is 11.8 Å². The van der Waals surface area contributed by atoms with Crippen LogP contribution in [0.15, 0.2) is 48.5 Å². The SMILES string of the molecule is NCC#CC(=O)OCC1c2ccccc2-c2ccccc21. The van der Waals surface area contributed by atoms with Crippen LogP contribution in [0.5, 0.6) is 0 Å². The summed E-state index contributed by atoms with van der Waals surface area (Å²) in [4.78, 5) is 11.5. The first kappa shape index (κ1) is 13.4. The van der Waals surface area contributed by atoms with E-state index in [1.165, 1.54) is 22.3 Å². The first-order chi connectivity index (χ1) is 10.3. The lowest BCUT2D eigenvalue weighted by molar-refractivity contribution is -0.136. The number of carbonyl (C=O) groups is 1. The predicted octanol–water partition coefficient (Wildman–Crippen LogP) is 2.30. The van der Waals surface area contributed by atoms with E-state index in [4.69, 9.17) is 10.5 Å². The molecule has 3 rings (SSSR count). The van der Waals surface area contributed by atoms with Gasteiger partial charge in [-0.1, -0.05) is 54.5 Å². The molecule has 3 nitrogen and oxygen atoms in total. The molecule has 21 heavy (non-hydrogen) atoms. The smallest absolute Gasteiger partial charge is 0.384 e. The standard InChI is InChI=1S/C18H15NO2/c19-11-5-10-18(20)21-12-17-15-8-3-1-6-13(15)14-7-2-4-9-16(14)17/h1-4,6-9,17H,11-12,19H2. The van der Waals surface area contributed by atoms with Crippen molar-refractivity contribution in [2.45, 2.75) is 5.92 Å². The highest BCUT2D eigenvalue weighted by Gasteiger charge is 2.28. The van der Waals surface area contributed by atoms with Gasteiger partial charge in [0.2, 0.25) is 0 Å². The second-order valence-corrected chi connectivity index (χ2v) is 4.83. The molecular weight excluding hydrogens is 262 g/mol. The van der Waals surface area contributed by atoms with Gasteiger partial charge in [-0.2, -0.15) is 0 Å². The van der Waals surface area contributed by atoms with Gasteiger partial charge in [0.05, 0.1) is 6.54 Å². The molecule has 3 heteroatoms. The van der Waals surface area contributed by atoms with E-state index in [1.807, 2.05) is 24.3 Å². The molecule has 0 radical (unpaired) electrons. The zero-order chi connectivity index (χ0) is 14.7. The Balaban J connectivity index is 1.87. The van der Waals surface area contributed by atoms with Crippen LogP contribution in [0.1, 0.15) is 17.0 Å². The molecule has 0 unspecified atom stereocenters. The number of fused-ring (bicyclic) bond motifs is 3. The average molecular weight is 277 g/mol. The Hall–Kier alpha value is -2.57. The molecule has 2 aromatic carbocycles. The molecule has 0 aromatic heterocycles. The molecule has 0 amide bonds. The lowest BCUT2D eigenvalue weighted by Gasteiger charge is -2.12. The van der Waals surface area contributed by atoms with Crippen molar-refractivity contribution in [3.05, 3.63) is 59.7 Å². The zero-order valence-electron chi connectivity index (χ0n) is 11.5. The van der Waals surface area contributed by atoms with Crippen LogP contribution in [-0.4, -0.2) is 19.1 Å². The largest absolute Gasteiger partial charge is 0.455 e. The van der Waals surface area contributed by atoms with Crippen LogP contribution in [-0.2, 0) is 9.53 Å². The summed E-state index contributed by atoms with van der Waals surface area (Å²) in [5, 5.41) is 0. The van der Waals surface area contributed by atoms with Gasteiger partial charge in [-0.3, -0.25) is 0 Å². The molecule has 0 fully saturated rings. The van der Waals surface area contributed by atoms with E-state index in [9.17, 15) is 4.79 Å². The normalized spacial score (nSPS) is 12.0. The van der Waals surface area contributed by atoms with Crippen molar-refractivity contribution in [2.24, 2.45) is 5.73 Å². The predicted molar refractivity (Wildman–Crippen MR) is 81.5 cm³/mol. The van der Waals surface area contributed by atoms with Gasteiger partial charge in [0.15, 0.2) is 0 Å². The number of carbonyl (C=O) groups excluding carboxylic acids is 1. The van der Waals surface area contributed by atoms with E-state index in [0.29, 0.717) is 6.61 Å². The van der Waals surface area contributed by atoms with Crippen molar-refractivity contribution in [3.63, 3.8) is 0 Å². The molecule has 0 bridgehead atoms. The third-order valence-electron chi connectivity index (χ3n) is 3.64. The molecule has 0 saturated carbocycles.